The second-order valence-electron chi connectivity index (χ2n) is 14.3. The van der Waals surface area contributed by atoms with Gasteiger partial charge in [0.15, 0.2) is 11.2 Å². The van der Waals surface area contributed by atoms with Crippen LogP contribution in [0.5, 0.6) is 0 Å². The van der Waals surface area contributed by atoms with Gasteiger partial charge < -0.3 is 8.83 Å². The molecule has 0 amide bonds. The van der Waals surface area contributed by atoms with Crippen LogP contribution in [0.3, 0.4) is 0 Å². The molecule has 0 atom stereocenters. The normalized spacial score (nSPS) is 12.1. The van der Waals surface area contributed by atoms with E-state index in [0.717, 1.165) is 60.4 Å². The number of furan rings is 2. The Morgan fingerprint density at radius 2 is 0.778 bits per heavy atom. The van der Waals surface area contributed by atoms with Crippen LogP contribution >= 0.6 is 0 Å². The van der Waals surface area contributed by atoms with Crippen LogP contribution in [0, 0.1) is 0 Å². The third kappa shape index (κ3) is 4.17. The Hall–Kier alpha value is -7.16. The van der Waals surface area contributed by atoms with Crippen molar-refractivity contribution in [2.75, 3.05) is 0 Å². The van der Waals surface area contributed by atoms with Crippen LogP contribution in [0.4, 0.5) is 0 Å². The molecule has 0 radical (unpaired) electrons. The number of hydrogen-bond donors (Lipinski definition) is 0. The Balaban J connectivity index is 1.04. The van der Waals surface area contributed by atoms with Gasteiger partial charge in [0.2, 0.25) is 0 Å². The molecule has 250 valence electrons. The lowest BCUT2D eigenvalue weighted by Crippen LogP contribution is -1.92. The highest BCUT2D eigenvalue weighted by atomic mass is 16.4. The van der Waals surface area contributed by atoms with Crippen LogP contribution in [-0.4, -0.2) is 0 Å². The molecule has 0 fully saturated rings. The van der Waals surface area contributed by atoms with Gasteiger partial charge in [0.25, 0.3) is 0 Å². The van der Waals surface area contributed by atoms with Crippen molar-refractivity contribution < 1.29 is 8.83 Å². The molecule has 0 unspecified atom stereocenters. The summed E-state index contributed by atoms with van der Waals surface area (Å²) in [6, 6.07) is 65.8. The van der Waals surface area contributed by atoms with Crippen molar-refractivity contribution >= 4 is 87.0 Å². The molecule has 12 rings (SSSR count). The molecular weight excluding hydrogens is 657 g/mol. The zero-order chi connectivity index (χ0) is 35.3. The lowest BCUT2D eigenvalue weighted by Gasteiger charge is -2.19. The summed E-state index contributed by atoms with van der Waals surface area (Å²) in [5.41, 5.74) is 10.6. The lowest BCUT2D eigenvalue weighted by atomic mass is 9.84. The minimum atomic E-state index is 0.790. The average Bonchev–Trinajstić information content (AvgIpc) is 3.81. The van der Waals surface area contributed by atoms with E-state index < -0.39 is 0 Å². The van der Waals surface area contributed by atoms with E-state index in [-0.39, 0.29) is 0 Å². The highest BCUT2D eigenvalue weighted by Crippen LogP contribution is 2.46. The molecular formula is C52H30O2. The second kappa shape index (κ2) is 11.2. The smallest absolute Gasteiger partial charge is 0.178 e. The summed E-state index contributed by atoms with van der Waals surface area (Å²) in [6.45, 7) is 0. The largest absolute Gasteiger partial charge is 0.452 e. The SMILES string of the molecule is c1cc(-c2ccc3oc4c(ccc5c6ccc7ccccc7c6oc54)c3c2)cc(-c2c3ccccc3c(-c3cccc4ccccc34)c3ccccc23)c1. The fourth-order valence-corrected chi connectivity index (χ4v) is 9.00. The molecule has 54 heavy (non-hydrogen) atoms. The third-order valence-electron chi connectivity index (χ3n) is 11.4. The first-order valence-corrected chi connectivity index (χ1v) is 18.5. The number of benzene rings is 10. The number of hydrogen-bond acceptors (Lipinski definition) is 2. The molecule has 2 heterocycles. The maximum atomic E-state index is 6.62. The second-order valence-corrected chi connectivity index (χ2v) is 14.3. The Morgan fingerprint density at radius 1 is 0.259 bits per heavy atom. The van der Waals surface area contributed by atoms with E-state index in [1.807, 2.05) is 0 Å². The molecule has 0 aliphatic rings. The van der Waals surface area contributed by atoms with Crippen molar-refractivity contribution in [3.8, 4) is 33.4 Å². The van der Waals surface area contributed by atoms with Gasteiger partial charge in [-0.15, -0.1) is 0 Å². The van der Waals surface area contributed by atoms with Crippen LogP contribution in [-0.2, 0) is 0 Å². The minimum Gasteiger partial charge on any atom is -0.452 e. The zero-order valence-electron chi connectivity index (χ0n) is 29.1. The topological polar surface area (TPSA) is 26.3 Å². The standard InChI is InChI=1S/C52H30O2/c1-3-16-36-31(11-1)13-10-22-38(36)49-41-20-7-5-18-39(41)48(40-19-6-8-21-42(40)49)35-15-9-14-33(29-35)34-24-28-47-46(30-34)45-27-26-44-43-25-23-32-12-2-4-17-37(32)50(43)54-52(44)51(45)53-47/h1-30H. The fraction of sp³-hybridized carbons (Fsp3) is 0. The maximum Gasteiger partial charge on any atom is 0.178 e. The van der Waals surface area contributed by atoms with E-state index in [1.54, 1.807) is 0 Å². The molecule has 2 heteroatoms. The Labute approximate surface area is 310 Å². The highest BCUT2D eigenvalue weighted by Gasteiger charge is 2.20. The highest BCUT2D eigenvalue weighted by molar-refractivity contribution is 6.24. The van der Waals surface area contributed by atoms with Crippen LogP contribution < -0.4 is 0 Å². The van der Waals surface area contributed by atoms with E-state index in [2.05, 4.69) is 182 Å². The van der Waals surface area contributed by atoms with Crippen molar-refractivity contribution in [3.63, 3.8) is 0 Å². The summed E-state index contributed by atoms with van der Waals surface area (Å²) >= 11 is 0. The first-order chi connectivity index (χ1) is 26.8. The van der Waals surface area contributed by atoms with Crippen molar-refractivity contribution in [3.05, 3.63) is 182 Å². The molecule has 12 aromatic rings. The van der Waals surface area contributed by atoms with E-state index in [9.17, 15) is 0 Å². The summed E-state index contributed by atoms with van der Waals surface area (Å²) in [6.07, 6.45) is 0. The van der Waals surface area contributed by atoms with Crippen LogP contribution in [0.15, 0.2) is 191 Å². The predicted molar refractivity (Wildman–Crippen MR) is 227 cm³/mol. The van der Waals surface area contributed by atoms with Crippen LogP contribution in [0.1, 0.15) is 0 Å². The number of rotatable bonds is 3. The Bertz CT molecular complexity index is 3440. The van der Waals surface area contributed by atoms with Crippen LogP contribution in [0.2, 0.25) is 0 Å². The summed E-state index contributed by atoms with van der Waals surface area (Å²) in [5, 5.41) is 14.1. The average molecular weight is 687 g/mol. The maximum absolute atomic E-state index is 6.62. The molecule has 0 aliphatic carbocycles. The summed E-state index contributed by atoms with van der Waals surface area (Å²) in [4.78, 5) is 0. The first-order valence-electron chi connectivity index (χ1n) is 18.5. The van der Waals surface area contributed by atoms with Gasteiger partial charge in [0.1, 0.15) is 11.2 Å². The molecule has 0 bridgehead atoms. The van der Waals surface area contributed by atoms with Gasteiger partial charge in [-0.3, -0.25) is 0 Å². The van der Waals surface area contributed by atoms with E-state index >= 15 is 0 Å². The van der Waals surface area contributed by atoms with Crippen LogP contribution in [0.25, 0.3) is 120 Å². The summed E-state index contributed by atoms with van der Waals surface area (Å²) in [5.74, 6) is 0. The summed E-state index contributed by atoms with van der Waals surface area (Å²) in [7, 11) is 0. The zero-order valence-corrected chi connectivity index (χ0v) is 29.1. The van der Waals surface area contributed by atoms with Gasteiger partial charge in [-0.05, 0) is 107 Å². The molecule has 2 nitrogen and oxygen atoms in total. The number of fused-ring (bicyclic) bond motifs is 12. The molecule has 2 aromatic heterocycles. The van der Waals surface area contributed by atoms with Gasteiger partial charge >= 0.3 is 0 Å². The minimum absolute atomic E-state index is 0.790. The quantitative estimate of drug-likeness (QED) is 0.173. The molecule has 10 aromatic carbocycles. The molecule has 0 saturated heterocycles. The fourth-order valence-electron chi connectivity index (χ4n) is 9.00. The lowest BCUT2D eigenvalue weighted by molar-refractivity contribution is 0.635. The van der Waals surface area contributed by atoms with E-state index in [0.29, 0.717) is 0 Å². The van der Waals surface area contributed by atoms with Crippen molar-refractivity contribution in [2.24, 2.45) is 0 Å². The molecule has 0 saturated carbocycles. The summed E-state index contributed by atoms with van der Waals surface area (Å²) < 4.78 is 13.2. The van der Waals surface area contributed by atoms with Crippen molar-refractivity contribution in [1.29, 1.82) is 0 Å². The third-order valence-corrected chi connectivity index (χ3v) is 11.4. The van der Waals surface area contributed by atoms with Gasteiger partial charge in [-0.1, -0.05) is 146 Å². The molecule has 0 aliphatic heterocycles. The predicted octanol–water partition coefficient (Wildman–Crippen LogP) is 15.1. The Morgan fingerprint density at radius 3 is 1.54 bits per heavy atom. The first kappa shape index (κ1) is 29.4. The van der Waals surface area contributed by atoms with Gasteiger partial charge in [-0.25, -0.2) is 0 Å². The Kier molecular flexibility index (Phi) is 6.09. The molecule has 0 spiro atoms. The van der Waals surface area contributed by atoms with Gasteiger partial charge in [0.05, 0.1) is 0 Å². The van der Waals surface area contributed by atoms with Crippen molar-refractivity contribution in [2.45, 2.75) is 0 Å². The van der Waals surface area contributed by atoms with E-state index in [4.69, 9.17) is 8.83 Å². The van der Waals surface area contributed by atoms with Gasteiger partial charge in [-0.2, -0.15) is 0 Å². The van der Waals surface area contributed by atoms with Crippen molar-refractivity contribution in [1.82, 2.24) is 0 Å². The molecule has 0 N–H and O–H groups in total. The van der Waals surface area contributed by atoms with E-state index in [1.165, 1.54) is 60.0 Å². The monoisotopic (exact) mass is 686 g/mol. The van der Waals surface area contributed by atoms with Gasteiger partial charge in [0, 0.05) is 26.9 Å².